The summed E-state index contributed by atoms with van der Waals surface area (Å²) < 4.78 is 0. The Balaban J connectivity index is 1.38. The molecule has 0 amide bonds. The molecule has 2 aromatic carbocycles. The van der Waals surface area contributed by atoms with Gasteiger partial charge in [0, 0.05) is 23.1 Å². The Labute approximate surface area is 229 Å². The molecule has 0 spiro atoms. The molecule has 0 radical (unpaired) electrons. The summed E-state index contributed by atoms with van der Waals surface area (Å²) in [6.07, 6.45) is 23.0. The predicted molar refractivity (Wildman–Crippen MR) is 162 cm³/mol. The molecule has 0 aliphatic heterocycles. The molecule has 0 aromatic heterocycles. The van der Waals surface area contributed by atoms with Crippen molar-refractivity contribution in [2.75, 3.05) is 0 Å². The maximum atomic E-state index is 3.35. The van der Waals surface area contributed by atoms with E-state index in [4.69, 9.17) is 0 Å². The van der Waals surface area contributed by atoms with Gasteiger partial charge in [0.05, 0.1) is 0 Å². The van der Waals surface area contributed by atoms with Gasteiger partial charge >= 0.3 is 0 Å². The Kier molecular flexibility index (Phi) is 14.1. The monoisotopic (exact) mass is 494 g/mol. The Morgan fingerprint density at radius 1 is 0.541 bits per heavy atom. The number of rotatable bonds is 13. The van der Waals surface area contributed by atoms with Crippen LogP contribution in [0, 0.1) is 29.6 Å². The molecule has 198 valence electrons. The van der Waals surface area contributed by atoms with Gasteiger partial charge in [-0.05, 0) is 85.9 Å². The maximum absolute atomic E-state index is 3.35. The van der Waals surface area contributed by atoms with Crippen LogP contribution in [0.25, 0.3) is 0 Å². The molecule has 0 heteroatoms. The largest absolute Gasteiger partial charge is 0.0979 e. The van der Waals surface area contributed by atoms with Crippen molar-refractivity contribution in [2.45, 2.75) is 129 Å². The van der Waals surface area contributed by atoms with E-state index in [0.717, 1.165) is 34.9 Å². The maximum Gasteiger partial charge on any atom is 0.0249 e. The van der Waals surface area contributed by atoms with Crippen molar-refractivity contribution < 1.29 is 0 Å². The third kappa shape index (κ3) is 11.7. The summed E-state index contributed by atoms with van der Waals surface area (Å²) in [4.78, 5) is 0. The van der Waals surface area contributed by atoms with E-state index in [1.54, 1.807) is 0 Å². The fourth-order valence-electron chi connectivity index (χ4n) is 5.60. The van der Waals surface area contributed by atoms with Gasteiger partial charge in [-0.15, -0.1) is 0 Å². The lowest BCUT2D eigenvalue weighted by Crippen LogP contribution is -2.13. The SMILES string of the molecule is CCCCCCCCC#Cc1ccc(C#Cc2ccc(C3CCC(CCCCCCC)CC3)cc2)cc1. The summed E-state index contributed by atoms with van der Waals surface area (Å²) in [6, 6.07) is 17.5. The van der Waals surface area contributed by atoms with E-state index in [0.29, 0.717) is 0 Å². The zero-order valence-corrected chi connectivity index (χ0v) is 23.8. The first-order valence-electron chi connectivity index (χ1n) is 15.5. The van der Waals surface area contributed by atoms with E-state index in [9.17, 15) is 0 Å². The van der Waals surface area contributed by atoms with Gasteiger partial charge in [0.1, 0.15) is 0 Å². The highest BCUT2D eigenvalue weighted by Crippen LogP contribution is 2.37. The Morgan fingerprint density at radius 3 is 1.62 bits per heavy atom. The molecule has 0 unspecified atom stereocenters. The van der Waals surface area contributed by atoms with Crippen LogP contribution in [0.5, 0.6) is 0 Å². The average molecular weight is 495 g/mol. The summed E-state index contributed by atoms with van der Waals surface area (Å²) in [6.45, 7) is 4.56. The van der Waals surface area contributed by atoms with Crippen LogP contribution in [-0.4, -0.2) is 0 Å². The zero-order valence-electron chi connectivity index (χ0n) is 23.8. The second kappa shape index (κ2) is 17.9. The minimum Gasteiger partial charge on any atom is -0.0979 e. The van der Waals surface area contributed by atoms with E-state index in [2.05, 4.69) is 86.1 Å². The molecule has 1 aliphatic carbocycles. The van der Waals surface area contributed by atoms with Crippen LogP contribution in [-0.2, 0) is 0 Å². The predicted octanol–water partition coefficient (Wildman–Crippen LogP) is 10.8. The van der Waals surface area contributed by atoms with Gasteiger partial charge in [-0.1, -0.05) is 120 Å². The number of hydrogen-bond acceptors (Lipinski definition) is 0. The van der Waals surface area contributed by atoms with Crippen molar-refractivity contribution in [3.8, 4) is 23.7 Å². The molecule has 0 heterocycles. The molecule has 0 bridgehead atoms. The van der Waals surface area contributed by atoms with E-state index >= 15 is 0 Å². The highest BCUT2D eigenvalue weighted by Gasteiger charge is 2.21. The van der Waals surface area contributed by atoms with Crippen LogP contribution < -0.4 is 0 Å². The Morgan fingerprint density at radius 2 is 1.03 bits per heavy atom. The van der Waals surface area contributed by atoms with E-state index < -0.39 is 0 Å². The van der Waals surface area contributed by atoms with Crippen LogP contribution in [0.3, 0.4) is 0 Å². The van der Waals surface area contributed by atoms with Gasteiger partial charge in [-0.3, -0.25) is 0 Å². The quantitative estimate of drug-likeness (QED) is 0.192. The molecular weight excluding hydrogens is 444 g/mol. The topological polar surface area (TPSA) is 0 Å². The molecule has 37 heavy (non-hydrogen) atoms. The van der Waals surface area contributed by atoms with Crippen molar-refractivity contribution >= 4 is 0 Å². The number of hydrogen-bond donors (Lipinski definition) is 0. The van der Waals surface area contributed by atoms with Crippen molar-refractivity contribution in [3.05, 3.63) is 70.8 Å². The van der Waals surface area contributed by atoms with Crippen LogP contribution in [0.2, 0.25) is 0 Å². The van der Waals surface area contributed by atoms with Gasteiger partial charge < -0.3 is 0 Å². The van der Waals surface area contributed by atoms with Crippen LogP contribution >= 0.6 is 0 Å². The van der Waals surface area contributed by atoms with Crippen molar-refractivity contribution in [1.82, 2.24) is 0 Å². The molecule has 0 atom stereocenters. The molecule has 1 aliphatic rings. The zero-order chi connectivity index (χ0) is 26.0. The smallest absolute Gasteiger partial charge is 0.0249 e. The molecule has 0 saturated heterocycles. The van der Waals surface area contributed by atoms with Gasteiger partial charge in [0.25, 0.3) is 0 Å². The second-order valence-corrected chi connectivity index (χ2v) is 11.2. The standard InChI is InChI=1S/C37H50/c1-3-5-7-9-10-11-13-15-16-32-18-20-34(21-19-32)22-23-35-26-30-37(31-27-35)36-28-24-33(25-29-36)17-14-12-8-6-4-2/h18-21,26-27,30-31,33,36H,3-14,17,24-25,28-29H2,1-2H3. The Hall–Kier alpha value is -2.44. The van der Waals surface area contributed by atoms with Crippen molar-refractivity contribution in [2.24, 2.45) is 5.92 Å². The lowest BCUT2D eigenvalue weighted by atomic mass is 9.77. The second-order valence-electron chi connectivity index (χ2n) is 11.2. The summed E-state index contributed by atoms with van der Waals surface area (Å²) >= 11 is 0. The first-order valence-corrected chi connectivity index (χ1v) is 15.5. The fraction of sp³-hybridized carbons (Fsp3) is 0.568. The number of unbranched alkanes of at least 4 members (excludes halogenated alkanes) is 10. The van der Waals surface area contributed by atoms with Crippen LogP contribution in [0.4, 0.5) is 0 Å². The normalized spacial score (nSPS) is 16.9. The van der Waals surface area contributed by atoms with Crippen LogP contribution in [0.15, 0.2) is 48.5 Å². The van der Waals surface area contributed by atoms with E-state index in [1.807, 2.05) is 0 Å². The van der Waals surface area contributed by atoms with Gasteiger partial charge in [-0.2, -0.15) is 0 Å². The molecule has 1 saturated carbocycles. The lowest BCUT2D eigenvalue weighted by molar-refractivity contribution is 0.302. The third-order valence-electron chi connectivity index (χ3n) is 8.07. The lowest BCUT2D eigenvalue weighted by Gasteiger charge is -2.29. The third-order valence-corrected chi connectivity index (χ3v) is 8.07. The summed E-state index contributed by atoms with van der Waals surface area (Å²) in [7, 11) is 0. The molecule has 2 aromatic rings. The highest BCUT2D eigenvalue weighted by molar-refractivity contribution is 5.46. The fourth-order valence-corrected chi connectivity index (χ4v) is 5.60. The number of benzene rings is 2. The van der Waals surface area contributed by atoms with Crippen LogP contribution in [0.1, 0.15) is 151 Å². The van der Waals surface area contributed by atoms with Crippen molar-refractivity contribution in [1.29, 1.82) is 0 Å². The van der Waals surface area contributed by atoms with Crippen molar-refractivity contribution in [3.63, 3.8) is 0 Å². The Bertz CT molecular complexity index is 978. The van der Waals surface area contributed by atoms with E-state index in [-0.39, 0.29) is 0 Å². The average Bonchev–Trinajstić information content (AvgIpc) is 2.94. The summed E-state index contributed by atoms with van der Waals surface area (Å²) in [5.74, 6) is 15.0. The van der Waals surface area contributed by atoms with Gasteiger partial charge in [-0.25, -0.2) is 0 Å². The first-order chi connectivity index (χ1) is 18.3. The summed E-state index contributed by atoms with van der Waals surface area (Å²) in [5, 5.41) is 0. The first kappa shape index (κ1) is 29.1. The summed E-state index contributed by atoms with van der Waals surface area (Å²) in [5.41, 5.74) is 4.76. The van der Waals surface area contributed by atoms with E-state index in [1.165, 1.54) is 108 Å². The minimum absolute atomic E-state index is 0.744. The van der Waals surface area contributed by atoms with Gasteiger partial charge in [0.2, 0.25) is 0 Å². The molecule has 1 fully saturated rings. The molecule has 0 N–H and O–H groups in total. The molecule has 3 rings (SSSR count). The highest BCUT2D eigenvalue weighted by atomic mass is 14.3. The molecular formula is C37H50. The van der Waals surface area contributed by atoms with Gasteiger partial charge in [0.15, 0.2) is 0 Å². The minimum atomic E-state index is 0.744. The molecule has 0 nitrogen and oxygen atoms in total.